The van der Waals surface area contributed by atoms with Crippen LogP contribution in [0.5, 0.6) is 5.75 Å². The Morgan fingerprint density at radius 2 is 2.00 bits per heavy atom. The number of rotatable bonds is 8. The van der Waals surface area contributed by atoms with Gasteiger partial charge in [0.15, 0.2) is 0 Å². The van der Waals surface area contributed by atoms with Gasteiger partial charge in [-0.15, -0.1) is 0 Å². The van der Waals surface area contributed by atoms with Gasteiger partial charge in [0.2, 0.25) is 0 Å². The van der Waals surface area contributed by atoms with Crippen molar-refractivity contribution in [2.24, 2.45) is 11.8 Å². The third-order valence-electron chi connectivity index (χ3n) is 5.71. The summed E-state index contributed by atoms with van der Waals surface area (Å²) in [6, 6.07) is 9.85. The number of aliphatic carboxylic acids is 1. The van der Waals surface area contributed by atoms with Gasteiger partial charge in [0.25, 0.3) is 0 Å². The second kappa shape index (κ2) is 8.16. The average molecular weight is 420 g/mol. The lowest BCUT2D eigenvalue weighted by Crippen LogP contribution is -2.50. The molecule has 1 saturated heterocycles. The Morgan fingerprint density at radius 3 is 2.67 bits per heavy atom. The molecular weight excluding hydrogens is 397 g/mol. The number of hydrogen-bond donors (Lipinski definition) is 1. The molecule has 1 aromatic heterocycles. The highest BCUT2D eigenvalue weighted by Crippen LogP contribution is 2.45. The van der Waals surface area contributed by atoms with Gasteiger partial charge < -0.3 is 14.7 Å². The van der Waals surface area contributed by atoms with Crippen molar-refractivity contribution in [1.29, 1.82) is 0 Å². The van der Waals surface area contributed by atoms with Crippen molar-refractivity contribution < 1.29 is 27.8 Å². The van der Waals surface area contributed by atoms with Crippen molar-refractivity contribution in [3.8, 4) is 5.75 Å². The number of benzene rings is 1. The van der Waals surface area contributed by atoms with Crippen LogP contribution in [-0.4, -0.2) is 35.8 Å². The number of anilines is 1. The Morgan fingerprint density at radius 1 is 1.23 bits per heavy atom. The van der Waals surface area contributed by atoms with Crippen LogP contribution in [0.2, 0.25) is 0 Å². The molecule has 1 unspecified atom stereocenters. The summed E-state index contributed by atoms with van der Waals surface area (Å²) in [6.45, 7) is 1.29. The summed E-state index contributed by atoms with van der Waals surface area (Å²) in [5.41, 5.74) is 0.248. The molecule has 0 radical (unpaired) electrons. The van der Waals surface area contributed by atoms with Crippen molar-refractivity contribution in [2.45, 2.75) is 31.4 Å². The van der Waals surface area contributed by atoms with Crippen LogP contribution >= 0.6 is 0 Å². The van der Waals surface area contributed by atoms with Crippen LogP contribution in [-0.2, 0) is 11.0 Å². The molecule has 1 aromatic carbocycles. The first kappa shape index (κ1) is 20.5. The molecule has 2 aliphatic rings. The van der Waals surface area contributed by atoms with Crippen molar-refractivity contribution in [3.63, 3.8) is 0 Å². The zero-order valence-corrected chi connectivity index (χ0v) is 16.3. The fourth-order valence-corrected chi connectivity index (χ4v) is 4.01. The monoisotopic (exact) mass is 420 g/mol. The smallest absolute Gasteiger partial charge is 0.419 e. The maximum absolute atomic E-state index is 13.2. The van der Waals surface area contributed by atoms with E-state index in [9.17, 15) is 23.1 Å². The molecule has 4 rings (SSSR count). The van der Waals surface area contributed by atoms with Crippen LogP contribution in [0.3, 0.4) is 0 Å². The molecule has 2 heterocycles. The maximum atomic E-state index is 13.2. The molecule has 1 saturated carbocycles. The van der Waals surface area contributed by atoms with Gasteiger partial charge in [-0.2, -0.15) is 13.2 Å². The predicted octanol–water partition coefficient (Wildman–Crippen LogP) is 4.58. The molecule has 160 valence electrons. The zero-order valence-electron chi connectivity index (χ0n) is 16.3. The average Bonchev–Trinajstić information content (AvgIpc) is 3.49. The Labute approximate surface area is 172 Å². The van der Waals surface area contributed by atoms with E-state index in [1.807, 2.05) is 24.3 Å². The highest BCUT2D eigenvalue weighted by atomic mass is 19.4. The molecule has 2 aromatic rings. The minimum Gasteiger partial charge on any atom is -0.493 e. The molecule has 1 aliphatic heterocycles. The van der Waals surface area contributed by atoms with Crippen molar-refractivity contribution >= 4 is 11.8 Å². The molecule has 8 heteroatoms. The van der Waals surface area contributed by atoms with Crippen molar-refractivity contribution in [1.82, 2.24) is 4.98 Å². The minimum atomic E-state index is -4.43. The summed E-state index contributed by atoms with van der Waals surface area (Å²) in [5, 5.41) is 9.18. The maximum Gasteiger partial charge on any atom is 0.419 e. The summed E-state index contributed by atoms with van der Waals surface area (Å²) < 4.78 is 45.3. The normalized spacial score (nSPS) is 18.0. The summed E-state index contributed by atoms with van der Waals surface area (Å²) in [5.74, 6) is 0.337. The number of carboxylic acid groups (broad SMARTS) is 1. The van der Waals surface area contributed by atoms with Crippen LogP contribution in [0.1, 0.15) is 36.3 Å². The number of ether oxygens (including phenoxy) is 1. The highest BCUT2D eigenvalue weighted by Gasteiger charge is 2.39. The van der Waals surface area contributed by atoms with E-state index in [0.29, 0.717) is 31.4 Å². The first-order valence-corrected chi connectivity index (χ1v) is 10.0. The van der Waals surface area contributed by atoms with Gasteiger partial charge in [0.05, 0.1) is 18.6 Å². The van der Waals surface area contributed by atoms with Crippen molar-refractivity contribution in [2.75, 3.05) is 24.6 Å². The lowest BCUT2D eigenvalue weighted by atomic mass is 9.91. The van der Waals surface area contributed by atoms with Crippen LogP contribution in [0.4, 0.5) is 19.0 Å². The molecule has 30 heavy (non-hydrogen) atoms. The van der Waals surface area contributed by atoms with E-state index in [1.165, 1.54) is 12.3 Å². The Kier molecular flexibility index (Phi) is 5.58. The lowest BCUT2D eigenvalue weighted by molar-refractivity contribution is -0.138. The number of pyridine rings is 1. The van der Waals surface area contributed by atoms with Crippen LogP contribution < -0.4 is 9.64 Å². The molecule has 1 aliphatic carbocycles. The Balaban J connectivity index is 1.34. The Bertz CT molecular complexity index is 908. The molecule has 0 bridgehead atoms. The summed E-state index contributed by atoms with van der Waals surface area (Å²) >= 11 is 0. The molecular formula is C22H23F3N2O3. The fraction of sp³-hybridized carbons (Fsp3) is 0.455. The number of aromatic nitrogens is 1. The number of nitrogens with zero attached hydrogens (tertiary/aromatic N) is 2. The zero-order chi connectivity index (χ0) is 21.3. The van der Waals surface area contributed by atoms with Gasteiger partial charge in [-0.3, -0.25) is 4.79 Å². The molecule has 1 N–H and O–H groups in total. The molecule has 1 atom stereocenters. The SMILES string of the molecule is O=C(O)CC(c1cccc(OCC2CN(c3ncccc3C(F)(F)F)C2)c1)C1CC1. The molecule has 2 fully saturated rings. The first-order valence-electron chi connectivity index (χ1n) is 10.0. The second-order valence-electron chi connectivity index (χ2n) is 8.07. The van der Waals surface area contributed by atoms with Gasteiger partial charge in [0, 0.05) is 25.2 Å². The van der Waals surface area contributed by atoms with E-state index in [4.69, 9.17) is 4.74 Å². The van der Waals surface area contributed by atoms with E-state index in [1.54, 1.807) is 4.90 Å². The highest BCUT2D eigenvalue weighted by molar-refractivity contribution is 5.68. The third-order valence-corrected chi connectivity index (χ3v) is 5.71. The lowest BCUT2D eigenvalue weighted by Gasteiger charge is -2.40. The molecule has 5 nitrogen and oxygen atoms in total. The number of carboxylic acids is 1. The number of carbonyl (C=O) groups is 1. The number of alkyl halides is 3. The van der Waals surface area contributed by atoms with E-state index < -0.39 is 17.7 Å². The van der Waals surface area contributed by atoms with Gasteiger partial charge >= 0.3 is 12.1 Å². The van der Waals surface area contributed by atoms with E-state index in [-0.39, 0.29) is 24.1 Å². The van der Waals surface area contributed by atoms with Crippen molar-refractivity contribution in [3.05, 3.63) is 53.7 Å². The third kappa shape index (κ3) is 4.68. The fourth-order valence-electron chi connectivity index (χ4n) is 4.01. The minimum absolute atomic E-state index is 0.00445. The quantitative estimate of drug-likeness (QED) is 0.677. The number of hydrogen-bond acceptors (Lipinski definition) is 4. The van der Waals surface area contributed by atoms with Gasteiger partial charge in [0.1, 0.15) is 11.6 Å². The van der Waals surface area contributed by atoms with Gasteiger partial charge in [-0.25, -0.2) is 4.98 Å². The van der Waals surface area contributed by atoms with E-state index in [0.717, 1.165) is 24.5 Å². The number of halogens is 3. The standard InChI is InChI=1S/C22H23F3N2O3/c23-22(24,25)19-5-2-8-26-21(19)27-11-14(12-27)13-30-17-4-1-3-16(9-17)18(10-20(28)29)15-6-7-15/h1-5,8-9,14-15,18H,6-7,10-13H2,(H,28,29). The van der Waals surface area contributed by atoms with Crippen LogP contribution in [0, 0.1) is 11.8 Å². The summed E-state index contributed by atoms with van der Waals surface area (Å²) in [7, 11) is 0. The molecule has 0 amide bonds. The van der Waals surface area contributed by atoms with Crippen LogP contribution in [0.15, 0.2) is 42.6 Å². The predicted molar refractivity (Wildman–Crippen MR) is 105 cm³/mol. The summed E-state index contributed by atoms with van der Waals surface area (Å²) in [6.07, 6.45) is -0.854. The molecule has 0 spiro atoms. The largest absolute Gasteiger partial charge is 0.493 e. The van der Waals surface area contributed by atoms with Gasteiger partial charge in [-0.05, 0) is 54.5 Å². The van der Waals surface area contributed by atoms with E-state index >= 15 is 0 Å². The second-order valence-corrected chi connectivity index (χ2v) is 8.07. The van der Waals surface area contributed by atoms with Crippen LogP contribution in [0.25, 0.3) is 0 Å². The topological polar surface area (TPSA) is 62.7 Å². The summed E-state index contributed by atoms with van der Waals surface area (Å²) in [4.78, 5) is 16.7. The first-order chi connectivity index (χ1) is 14.3. The van der Waals surface area contributed by atoms with Gasteiger partial charge in [-0.1, -0.05) is 12.1 Å². The van der Waals surface area contributed by atoms with E-state index in [2.05, 4.69) is 4.98 Å². The Hall–Kier alpha value is -2.77.